The summed E-state index contributed by atoms with van der Waals surface area (Å²) >= 11 is 0. The van der Waals surface area contributed by atoms with Crippen molar-refractivity contribution in [3.8, 4) is 0 Å². The monoisotopic (exact) mass is 282 g/mol. The summed E-state index contributed by atoms with van der Waals surface area (Å²) < 4.78 is 3.83. The van der Waals surface area contributed by atoms with Crippen LogP contribution in [0, 0.1) is 0 Å². The van der Waals surface area contributed by atoms with Crippen molar-refractivity contribution in [1.82, 2.24) is 24.1 Å². The molecule has 1 amide bonds. The third-order valence-electron chi connectivity index (χ3n) is 3.69. The molecule has 0 radical (unpaired) electrons. The van der Waals surface area contributed by atoms with Crippen molar-refractivity contribution >= 4 is 17.2 Å². The number of aryl methyl sites for hydroxylation is 2. The van der Waals surface area contributed by atoms with Gasteiger partial charge in [0.05, 0.1) is 5.69 Å². The lowest BCUT2D eigenvalue weighted by Gasteiger charge is -2.11. The number of fused-ring (bicyclic) bond motifs is 2. The van der Waals surface area contributed by atoms with Gasteiger partial charge in [-0.1, -0.05) is 0 Å². The fourth-order valence-electron chi connectivity index (χ4n) is 2.62. The van der Waals surface area contributed by atoms with Crippen LogP contribution < -0.4 is 5.32 Å². The van der Waals surface area contributed by atoms with E-state index in [2.05, 4.69) is 25.1 Å². The summed E-state index contributed by atoms with van der Waals surface area (Å²) in [5.74, 6) is 0.810. The third kappa shape index (κ3) is 2.16. The second-order valence-electron chi connectivity index (χ2n) is 5.16. The molecular formula is C14H14N6O. The molecule has 0 atom stereocenters. The van der Waals surface area contributed by atoms with Gasteiger partial charge in [0.15, 0.2) is 5.65 Å². The molecular weight excluding hydrogens is 268 g/mol. The third-order valence-corrected chi connectivity index (χ3v) is 3.69. The minimum absolute atomic E-state index is 0.190. The van der Waals surface area contributed by atoms with Gasteiger partial charge in [0.1, 0.15) is 17.8 Å². The Bertz CT molecular complexity index is 794. The van der Waals surface area contributed by atoms with E-state index in [0.29, 0.717) is 11.4 Å². The molecule has 0 aliphatic carbocycles. The number of rotatable bonds is 2. The summed E-state index contributed by atoms with van der Waals surface area (Å²) in [4.78, 5) is 16.7. The lowest BCUT2D eigenvalue weighted by molar-refractivity contribution is 0.102. The second-order valence-corrected chi connectivity index (χ2v) is 5.16. The summed E-state index contributed by atoms with van der Waals surface area (Å²) in [6, 6.07) is 3.61. The highest BCUT2D eigenvalue weighted by Crippen LogP contribution is 2.16. The van der Waals surface area contributed by atoms with Crippen LogP contribution in [0.15, 0.2) is 30.9 Å². The van der Waals surface area contributed by atoms with Crippen molar-refractivity contribution < 1.29 is 4.79 Å². The first kappa shape index (κ1) is 12.1. The lowest BCUT2D eigenvalue weighted by Crippen LogP contribution is -2.12. The van der Waals surface area contributed by atoms with E-state index >= 15 is 0 Å². The largest absolute Gasteiger partial charge is 0.334 e. The van der Waals surface area contributed by atoms with E-state index in [9.17, 15) is 4.79 Å². The normalized spacial score (nSPS) is 14.1. The first-order valence-electron chi connectivity index (χ1n) is 6.96. The van der Waals surface area contributed by atoms with Gasteiger partial charge in [-0.2, -0.15) is 0 Å². The van der Waals surface area contributed by atoms with E-state index in [1.165, 1.54) is 0 Å². The van der Waals surface area contributed by atoms with Gasteiger partial charge < -0.3 is 9.88 Å². The van der Waals surface area contributed by atoms with Crippen LogP contribution in [0.5, 0.6) is 0 Å². The van der Waals surface area contributed by atoms with Crippen molar-refractivity contribution in [3.05, 3.63) is 42.4 Å². The summed E-state index contributed by atoms with van der Waals surface area (Å²) in [5.41, 5.74) is 1.90. The Morgan fingerprint density at radius 2 is 2.19 bits per heavy atom. The van der Waals surface area contributed by atoms with Crippen LogP contribution in [0.25, 0.3) is 5.65 Å². The Hall–Kier alpha value is -2.70. The molecule has 3 aromatic rings. The Morgan fingerprint density at radius 1 is 1.24 bits per heavy atom. The number of nitrogens with one attached hydrogen (secondary N) is 1. The number of hydrogen-bond acceptors (Lipinski definition) is 4. The summed E-state index contributed by atoms with van der Waals surface area (Å²) in [6.07, 6.45) is 8.45. The molecule has 0 saturated carbocycles. The fraction of sp³-hybridized carbons (Fsp3) is 0.286. The first-order valence-corrected chi connectivity index (χ1v) is 6.96. The molecule has 106 valence electrons. The van der Waals surface area contributed by atoms with Crippen LogP contribution in [-0.2, 0) is 13.0 Å². The molecule has 3 aromatic heterocycles. The van der Waals surface area contributed by atoms with E-state index < -0.39 is 0 Å². The molecule has 0 aromatic carbocycles. The first-order chi connectivity index (χ1) is 10.3. The number of aromatic nitrogens is 5. The van der Waals surface area contributed by atoms with Crippen LogP contribution in [0.1, 0.15) is 29.2 Å². The molecule has 4 heterocycles. The number of carbonyl (C=O) groups excluding carboxylic acids is 1. The fourth-order valence-corrected chi connectivity index (χ4v) is 2.62. The predicted octanol–water partition coefficient (Wildman–Crippen LogP) is 1.51. The van der Waals surface area contributed by atoms with Gasteiger partial charge in [-0.3, -0.25) is 9.20 Å². The van der Waals surface area contributed by atoms with Crippen molar-refractivity contribution in [3.63, 3.8) is 0 Å². The van der Waals surface area contributed by atoms with E-state index in [1.54, 1.807) is 29.1 Å². The van der Waals surface area contributed by atoms with Gasteiger partial charge in [0.2, 0.25) is 0 Å². The molecule has 0 unspecified atom stereocenters. The summed E-state index contributed by atoms with van der Waals surface area (Å²) in [5, 5.41) is 10.6. The van der Waals surface area contributed by atoms with E-state index in [1.807, 2.05) is 6.20 Å². The van der Waals surface area contributed by atoms with Gasteiger partial charge in [-0.25, -0.2) is 4.98 Å². The van der Waals surface area contributed by atoms with Gasteiger partial charge in [-0.05, 0) is 25.0 Å². The highest BCUT2D eigenvalue weighted by atomic mass is 16.1. The number of pyridine rings is 1. The zero-order valence-corrected chi connectivity index (χ0v) is 11.4. The number of hydrogen-bond donors (Lipinski definition) is 1. The van der Waals surface area contributed by atoms with Gasteiger partial charge in [0, 0.05) is 25.4 Å². The Morgan fingerprint density at radius 3 is 3.10 bits per heavy atom. The van der Waals surface area contributed by atoms with Crippen LogP contribution in [0.4, 0.5) is 5.69 Å². The van der Waals surface area contributed by atoms with Crippen molar-refractivity contribution in [2.24, 2.45) is 0 Å². The van der Waals surface area contributed by atoms with E-state index in [0.717, 1.165) is 37.3 Å². The Balaban J connectivity index is 1.58. The highest BCUT2D eigenvalue weighted by Gasteiger charge is 2.16. The smallest absolute Gasteiger partial charge is 0.275 e. The lowest BCUT2D eigenvalue weighted by atomic mass is 10.2. The molecule has 1 aliphatic heterocycles. The van der Waals surface area contributed by atoms with Crippen molar-refractivity contribution in [2.75, 3.05) is 5.32 Å². The van der Waals surface area contributed by atoms with E-state index in [4.69, 9.17) is 0 Å². The predicted molar refractivity (Wildman–Crippen MR) is 76.1 cm³/mol. The van der Waals surface area contributed by atoms with Crippen LogP contribution in [-0.4, -0.2) is 30.1 Å². The molecule has 1 aliphatic rings. The van der Waals surface area contributed by atoms with E-state index in [-0.39, 0.29) is 5.91 Å². The van der Waals surface area contributed by atoms with Gasteiger partial charge in [-0.15, -0.1) is 10.2 Å². The van der Waals surface area contributed by atoms with Crippen LogP contribution >= 0.6 is 0 Å². The number of carbonyl (C=O) groups is 1. The minimum Gasteiger partial charge on any atom is -0.334 e. The number of imidazole rings is 1. The molecule has 7 heteroatoms. The standard InChI is InChI=1S/C14H14N6O/c21-14(11-8-19-6-2-1-3-12(19)17-11)16-10-4-5-13-18-15-9-20(13)7-10/h4-5,7-9H,1-3,6H2,(H,16,21). The van der Waals surface area contributed by atoms with Crippen LogP contribution in [0.2, 0.25) is 0 Å². The minimum atomic E-state index is -0.190. The zero-order valence-electron chi connectivity index (χ0n) is 11.4. The maximum atomic E-state index is 12.3. The molecule has 7 nitrogen and oxygen atoms in total. The Labute approximate surface area is 120 Å². The SMILES string of the molecule is O=C(Nc1ccc2nncn2c1)c1cn2c(n1)CCCC2. The molecule has 0 spiro atoms. The molecule has 21 heavy (non-hydrogen) atoms. The number of amides is 1. The molecule has 4 rings (SSSR count). The maximum Gasteiger partial charge on any atom is 0.275 e. The number of anilines is 1. The highest BCUT2D eigenvalue weighted by molar-refractivity contribution is 6.02. The Kier molecular flexibility index (Phi) is 2.70. The molecule has 0 bridgehead atoms. The topological polar surface area (TPSA) is 77.1 Å². The van der Waals surface area contributed by atoms with Gasteiger partial charge >= 0.3 is 0 Å². The van der Waals surface area contributed by atoms with Crippen molar-refractivity contribution in [1.29, 1.82) is 0 Å². The average molecular weight is 282 g/mol. The van der Waals surface area contributed by atoms with Crippen molar-refractivity contribution in [2.45, 2.75) is 25.8 Å². The molecule has 0 fully saturated rings. The summed E-state index contributed by atoms with van der Waals surface area (Å²) in [7, 11) is 0. The molecule has 1 N–H and O–H groups in total. The summed E-state index contributed by atoms with van der Waals surface area (Å²) in [6.45, 7) is 0.947. The average Bonchev–Trinajstić information content (AvgIpc) is 3.13. The second kappa shape index (κ2) is 4.69. The number of nitrogens with zero attached hydrogens (tertiary/aromatic N) is 5. The molecule has 0 saturated heterocycles. The van der Waals surface area contributed by atoms with Gasteiger partial charge in [0.25, 0.3) is 5.91 Å². The zero-order chi connectivity index (χ0) is 14.2. The maximum absolute atomic E-state index is 12.3. The van der Waals surface area contributed by atoms with Crippen LogP contribution in [0.3, 0.4) is 0 Å². The quantitative estimate of drug-likeness (QED) is 0.773.